The second kappa shape index (κ2) is 5.53. The monoisotopic (exact) mass is 234 g/mol. The number of carbonyl (C=O) groups excluding carboxylic acids is 1. The quantitative estimate of drug-likeness (QED) is 0.785. The average Bonchev–Trinajstić information content (AvgIpc) is 2.29. The van der Waals surface area contributed by atoms with Crippen LogP contribution in [0.3, 0.4) is 0 Å². The Balaban J connectivity index is 1.99. The fraction of sp³-hybridized carbons (Fsp3) is 0.500. The van der Waals surface area contributed by atoms with E-state index in [-0.39, 0.29) is 5.12 Å². The molecule has 0 saturated heterocycles. The molecule has 0 amide bonds. The summed E-state index contributed by atoms with van der Waals surface area (Å²) >= 11 is 3.81. The lowest BCUT2D eigenvalue weighted by atomic mass is 9.80. The molecule has 0 aliphatic heterocycles. The highest BCUT2D eigenvalue weighted by molar-refractivity contribution is 7.96. The lowest BCUT2D eigenvalue weighted by Gasteiger charge is -2.25. The molecule has 0 saturated carbocycles. The Hall–Kier alpha value is -0.760. The SMILES string of the molecule is O=C(S)CCCC1CCCc2ccccc21. The summed E-state index contributed by atoms with van der Waals surface area (Å²) in [5.74, 6) is 0.664. The largest absolute Gasteiger partial charge is 0.288 e. The molecule has 1 aromatic carbocycles. The van der Waals surface area contributed by atoms with Crippen LogP contribution in [0.5, 0.6) is 0 Å². The van der Waals surface area contributed by atoms with Crippen molar-refractivity contribution < 1.29 is 4.79 Å². The third-order valence-corrected chi connectivity index (χ3v) is 3.66. The fourth-order valence-electron chi connectivity index (χ4n) is 2.65. The third kappa shape index (κ3) is 2.88. The first kappa shape index (κ1) is 11.7. The van der Waals surface area contributed by atoms with Gasteiger partial charge in [-0.25, -0.2) is 0 Å². The van der Waals surface area contributed by atoms with Crippen molar-refractivity contribution in [3.63, 3.8) is 0 Å². The van der Waals surface area contributed by atoms with Crippen molar-refractivity contribution in [2.24, 2.45) is 0 Å². The van der Waals surface area contributed by atoms with Crippen molar-refractivity contribution in [2.45, 2.75) is 44.4 Å². The van der Waals surface area contributed by atoms with Gasteiger partial charge in [0.25, 0.3) is 0 Å². The number of hydrogen-bond donors (Lipinski definition) is 1. The molecule has 16 heavy (non-hydrogen) atoms. The zero-order chi connectivity index (χ0) is 11.4. The zero-order valence-electron chi connectivity index (χ0n) is 9.48. The topological polar surface area (TPSA) is 17.1 Å². The van der Waals surface area contributed by atoms with E-state index in [0.29, 0.717) is 12.3 Å². The average molecular weight is 234 g/mol. The van der Waals surface area contributed by atoms with Crippen LogP contribution < -0.4 is 0 Å². The highest BCUT2D eigenvalue weighted by atomic mass is 32.1. The van der Waals surface area contributed by atoms with Gasteiger partial charge in [-0.1, -0.05) is 24.3 Å². The number of thiol groups is 1. The van der Waals surface area contributed by atoms with Crippen molar-refractivity contribution >= 4 is 17.7 Å². The summed E-state index contributed by atoms with van der Waals surface area (Å²) in [4.78, 5) is 10.8. The molecule has 0 N–H and O–H groups in total. The molecule has 0 radical (unpaired) electrons. The van der Waals surface area contributed by atoms with Gasteiger partial charge in [0.15, 0.2) is 5.12 Å². The number of fused-ring (bicyclic) bond motifs is 1. The van der Waals surface area contributed by atoms with Crippen LogP contribution in [0.25, 0.3) is 0 Å². The van der Waals surface area contributed by atoms with E-state index in [2.05, 4.69) is 36.9 Å². The molecule has 1 aromatic rings. The van der Waals surface area contributed by atoms with Crippen LogP contribution in [0.1, 0.15) is 49.1 Å². The molecule has 0 spiro atoms. The predicted octanol–water partition coefficient (Wildman–Crippen LogP) is 3.73. The number of carbonyl (C=O) groups is 1. The van der Waals surface area contributed by atoms with E-state index in [9.17, 15) is 4.79 Å². The second-order valence-corrected chi connectivity index (χ2v) is 5.07. The third-order valence-electron chi connectivity index (χ3n) is 3.44. The molecule has 2 heteroatoms. The molecule has 0 bridgehead atoms. The second-order valence-electron chi connectivity index (χ2n) is 4.57. The summed E-state index contributed by atoms with van der Waals surface area (Å²) in [5.41, 5.74) is 3.02. The molecule has 2 rings (SSSR count). The first-order chi connectivity index (χ1) is 7.77. The van der Waals surface area contributed by atoms with Gasteiger partial charge in [0, 0.05) is 6.42 Å². The fourth-order valence-corrected chi connectivity index (χ4v) is 2.81. The highest BCUT2D eigenvalue weighted by Gasteiger charge is 2.19. The molecule has 1 unspecified atom stereocenters. The Bertz CT molecular complexity index is 373. The lowest BCUT2D eigenvalue weighted by molar-refractivity contribution is -0.110. The zero-order valence-corrected chi connectivity index (χ0v) is 10.4. The van der Waals surface area contributed by atoms with Gasteiger partial charge in [-0.3, -0.25) is 4.79 Å². The maximum absolute atomic E-state index is 10.8. The van der Waals surface area contributed by atoms with Gasteiger partial charge in [0.2, 0.25) is 0 Å². The summed E-state index contributed by atoms with van der Waals surface area (Å²) in [5, 5.41) is 0.0177. The maximum atomic E-state index is 10.8. The van der Waals surface area contributed by atoms with E-state index < -0.39 is 0 Å². The molecule has 0 aromatic heterocycles. The standard InChI is InChI=1S/C14H18OS/c15-14(16)10-4-8-12-7-3-6-11-5-1-2-9-13(11)12/h1-2,5,9,12H,3-4,6-8,10H2,(H,15,16). The normalized spacial score (nSPS) is 19.2. The van der Waals surface area contributed by atoms with Crippen molar-refractivity contribution in [1.82, 2.24) is 0 Å². The smallest absolute Gasteiger partial charge is 0.185 e. The van der Waals surface area contributed by atoms with Crippen LogP contribution in [-0.2, 0) is 11.2 Å². The summed E-state index contributed by atoms with van der Waals surface area (Å²) in [6.07, 6.45) is 6.50. The molecular formula is C14H18OS. The van der Waals surface area contributed by atoms with Crippen LogP contribution >= 0.6 is 12.6 Å². The maximum Gasteiger partial charge on any atom is 0.185 e. The molecule has 1 atom stereocenters. The minimum absolute atomic E-state index is 0.0177. The number of hydrogen-bond acceptors (Lipinski definition) is 1. The van der Waals surface area contributed by atoms with Crippen molar-refractivity contribution in [3.05, 3.63) is 35.4 Å². The van der Waals surface area contributed by atoms with Gasteiger partial charge in [-0.2, -0.15) is 0 Å². The van der Waals surface area contributed by atoms with Gasteiger partial charge in [-0.05, 0) is 49.1 Å². The molecule has 0 fully saturated rings. The summed E-state index contributed by atoms with van der Waals surface area (Å²) in [6.45, 7) is 0. The van der Waals surface area contributed by atoms with Gasteiger partial charge >= 0.3 is 0 Å². The van der Waals surface area contributed by atoms with Crippen molar-refractivity contribution in [3.8, 4) is 0 Å². The van der Waals surface area contributed by atoms with Crippen LogP contribution in [0.4, 0.5) is 0 Å². The van der Waals surface area contributed by atoms with Crippen molar-refractivity contribution in [2.75, 3.05) is 0 Å². The highest BCUT2D eigenvalue weighted by Crippen LogP contribution is 2.34. The van der Waals surface area contributed by atoms with E-state index in [1.165, 1.54) is 30.4 Å². The summed E-state index contributed by atoms with van der Waals surface area (Å²) < 4.78 is 0. The van der Waals surface area contributed by atoms with Gasteiger partial charge in [-0.15, -0.1) is 12.6 Å². The Morgan fingerprint density at radius 2 is 2.19 bits per heavy atom. The van der Waals surface area contributed by atoms with E-state index in [1.807, 2.05) is 0 Å². The first-order valence-corrected chi connectivity index (χ1v) is 6.51. The number of benzene rings is 1. The minimum atomic E-state index is 0.0177. The molecule has 1 aliphatic rings. The van der Waals surface area contributed by atoms with Crippen LogP contribution in [0.15, 0.2) is 24.3 Å². The molecular weight excluding hydrogens is 216 g/mol. The van der Waals surface area contributed by atoms with Gasteiger partial charge < -0.3 is 0 Å². The van der Waals surface area contributed by atoms with Crippen LogP contribution in [0.2, 0.25) is 0 Å². The van der Waals surface area contributed by atoms with E-state index in [0.717, 1.165) is 12.8 Å². The van der Waals surface area contributed by atoms with Gasteiger partial charge in [0.1, 0.15) is 0 Å². The van der Waals surface area contributed by atoms with Crippen molar-refractivity contribution in [1.29, 1.82) is 0 Å². The number of rotatable bonds is 4. The van der Waals surface area contributed by atoms with Gasteiger partial charge in [0.05, 0.1) is 0 Å². The molecule has 0 heterocycles. The van der Waals surface area contributed by atoms with Crippen LogP contribution in [-0.4, -0.2) is 5.12 Å². The molecule has 1 nitrogen and oxygen atoms in total. The Kier molecular flexibility index (Phi) is 4.05. The Morgan fingerprint density at radius 1 is 1.38 bits per heavy atom. The van der Waals surface area contributed by atoms with E-state index in [4.69, 9.17) is 0 Å². The Labute approximate surface area is 103 Å². The van der Waals surface area contributed by atoms with E-state index in [1.54, 1.807) is 0 Å². The predicted molar refractivity (Wildman–Crippen MR) is 70.0 cm³/mol. The van der Waals surface area contributed by atoms with Crippen LogP contribution in [0, 0.1) is 0 Å². The summed E-state index contributed by atoms with van der Waals surface area (Å²) in [7, 11) is 0. The summed E-state index contributed by atoms with van der Waals surface area (Å²) in [6, 6.07) is 8.74. The number of aryl methyl sites for hydroxylation is 1. The van der Waals surface area contributed by atoms with E-state index >= 15 is 0 Å². The first-order valence-electron chi connectivity index (χ1n) is 6.07. The Morgan fingerprint density at radius 3 is 3.00 bits per heavy atom. The lowest BCUT2D eigenvalue weighted by Crippen LogP contribution is -2.09. The molecule has 86 valence electrons. The minimum Gasteiger partial charge on any atom is -0.288 e. The molecule has 1 aliphatic carbocycles.